The highest BCUT2D eigenvalue weighted by Crippen LogP contribution is 2.30. The van der Waals surface area contributed by atoms with Crippen LogP contribution in [-0.4, -0.2) is 44.8 Å². The molecule has 6 nitrogen and oxygen atoms in total. The maximum absolute atomic E-state index is 12.9. The van der Waals surface area contributed by atoms with E-state index in [0.29, 0.717) is 17.9 Å². The zero-order valence-electron chi connectivity index (χ0n) is 16.9. The standard InChI is InChI=1S/C22H29N3O3/c1-4-13-24(14-17-5-6-17)22(28)18-7-9-19(10-8-18)25-16(3)20(15(2)23-25)11-12-21(26)27/h7-10,17H,4-6,11-14H2,1-3H3,(H,26,27). The summed E-state index contributed by atoms with van der Waals surface area (Å²) in [6.45, 7) is 7.61. The van der Waals surface area contributed by atoms with Gasteiger partial charge < -0.3 is 10.0 Å². The van der Waals surface area contributed by atoms with Crippen LogP contribution in [0.25, 0.3) is 5.69 Å². The quantitative estimate of drug-likeness (QED) is 0.715. The molecular formula is C22H29N3O3. The second-order valence-corrected chi connectivity index (χ2v) is 7.70. The predicted molar refractivity (Wildman–Crippen MR) is 108 cm³/mol. The minimum Gasteiger partial charge on any atom is -0.481 e. The second-order valence-electron chi connectivity index (χ2n) is 7.70. The van der Waals surface area contributed by atoms with E-state index in [-0.39, 0.29) is 12.3 Å². The van der Waals surface area contributed by atoms with Crippen molar-refractivity contribution in [2.45, 2.75) is 52.9 Å². The smallest absolute Gasteiger partial charge is 0.303 e. The van der Waals surface area contributed by atoms with Gasteiger partial charge in [0.1, 0.15) is 0 Å². The number of hydrogen-bond donors (Lipinski definition) is 1. The fraction of sp³-hybridized carbons (Fsp3) is 0.500. The Morgan fingerprint density at radius 2 is 1.89 bits per heavy atom. The van der Waals surface area contributed by atoms with Crippen molar-refractivity contribution in [1.29, 1.82) is 0 Å². The molecule has 1 aromatic heterocycles. The van der Waals surface area contributed by atoms with Gasteiger partial charge in [0.05, 0.1) is 11.4 Å². The lowest BCUT2D eigenvalue weighted by Crippen LogP contribution is -2.33. The highest BCUT2D eigenvalue weighted by atomic mass is 16.4. The van der Waals surface area contributed by atoms with Gasteiger partial charge in [0, 0.05) is 30.8 Å². The Hall–Kier alpha value is -2.63. The van der Waals surface area contributed by atoms with E-state index >= 15 is 0 Å². The third-order valence-electron chi connectivity index (χ3n) is 5.35. The molecule has 1 saturated carbocycles. The number of amides is 1. The summed E-state index contributed by atoms with van der Waals surface area (Å²) in [4.78, 5) is 25.7. The van der Waals surface area contributed by atoms with Gasteiger partial charge in [-0.05, 0) is 75.3 Å². The molecule has 0 radical (unpaired) electrons. The molecular weight excluding hydrogens is 354 g/mol. The van der Waals surface area contributed by atoms with Crippen LogP contribution in [0.3, 0.4) is 0 Å². The third kappa shape index (κ3) is 4.61. The number of carboxylic acids is 1. The van der Waals surface area contributed by atoms with E-state index < -0.39 is 5.97 Å². The molecule has 1 heterocycles. The number of rotatable bonds is 9. The summed E-state index contributed by atoms with van der Waals surface area (Å²) < 4.78 is 1.83. The Bertz CT molecular complexity index is 851. The molecule has 2 aromatic rings. The average Bonchev–Trinajstić information content (AvgIpc) is 3.44. The fourth-order valence-corrected chi connectivity index (χ4v) is 3.61. The maximum Gasteiger partial charge on any atom is 0.303 e. The lowest BCUT2D eigenvalue weighted by Gasteiger charge is -2.22. The van der Waals surface area contributed by atoms with Crippen molar-refractivity contribution in [1.82, 2.24) is 14.7 Å². The first-order valence-electron chi connectivity index (χ1n) is 10.1. The van der Waals surface area contributed by atoms with Crippen LogP contribution in [0.5, 0.6) is 0 Å². The Morgan fingerprint density at radius 3 is 2.46 bits per heavy atom. The molecule has 1 fully saturated rings. The monoisotopic (exact) mass is 383 g/mol. The van der Waals surface area contributed by atoms with Crippen LogP contribution >= 0.6 is 0 Å². The summed E-state index contributed by atoms with van der Waals surface area (Å²) in [7, 11) is 0. The molecule has 28 heavy (non-hydrogen) atoms. The average molecular weight is 383 g/mol. The number of aromatic nitrogens is 2. The van der Waals surface area contributed by atoms with Gasteiger partial charge in [-0.15, -0.1) is 0 Å². The Balaban J connectivity index is 1.77. The van der Waals surface area contributed by atoms with Gasteiger partial charge in [0.2, 0.25) is 0 Å². The normalized spacial score (nSPS) is 13.5. The van der Waals surface area contributed by atoms with Gasteiger partial charge in [-0.3, -0.25) is 9.59 Å². The van der Waals surface area contributed by atoms with Gasteiger partial charge in [0.15, 0.2) is 0 Å². The molecule has 1 N–H and O–H groups in total. The zero-order valence-corrected chi connectivity index (χ0v) is 16.9. The molecule has 0 aliphatic heterocycles. The van der Waals surface area contributed by atoms with E-state index in [1.165, 1.54) is 12.8 Å². The number of hydrogen-bond acceptors (Lipinski definition) is 3. The summed E-state index contributed by atoms with van der Waals surface area (Å²) >= 11 is 0. The van der Waals surface area contributed by atoms with E-state index in [4.69, 9.17) is 5.11 Å². The topological polar surface area (TPSA) is 75.4 Å². The molecule has 6 heteroatoms. The molecule has 1 aromatic carbocycles. The maximum atomic E-state index is 12.9. The fourth-order valence-electron chi connectivity index (χ4n) is 3.61. The SMILES string of the molecule is CCCN(CC1CC1)C(=O)c1ccc(-n2nc(C)c(CCC(=O)O)c2C)cc1. The minimum atomic E-state index is -0.808. The van der Waals surface area contributed by atoms with Crippen LogP contribution in [-0.2, 0) is 11.2 Å². The van der Waals surface area contributed by atoms with Crippen molar-refractivity contribution in [2.75, 3.05) is 13.1 Å². The van der Waals surface area contributed by atoms with Crippen molar-refractivity contribution in [2.24, 2.45) is 5.92 Å². The van der Waals surface area contributed by atoms with Crippen molar-refractivity contribution in [3.63, 3.8) is 0 Å². The molecule has 3 rings (SSSR count). The van der Waals surface area contributed by atoms with Crippen LogP contribution in [0.1, 0.15) is 59.9 Å². The Kier molecular flexibility index (Phi) is 6.17. The van der Waals surface area contributed by atoms with Crippen molar-refractivity contribution < 1.29 is 14.7 Å². The van der Waals surface area contributed by atoms with Crippen LogP contribution in [0.2, 0.25) is 0 Å². The molecule has 1 amide bonds. The first-order valence-corrected chi connectivity index (χ1v) is 10.1. The first-order chi connectivity index (χ1) is 13.4. The van der Waals surface area contributed by atoms with Crippen LogP contribution in [0.4, 0.5) is 0 Å². The largest absolute Gasteiger partial charge is 0.481 e. The van der Waals surface area contributed by atoms with E-state index in [9.17, 15) is 9.59 Å². The molecule has 0 saturated heterocycles. The second kappa shape index (κ2) is 8.59. The van der Waals surface area contributed by atoms with Crippen molar-refractivity contribution in [3.8, 4) is 5.69 Å². The lowest BCUT2D eigenvalue weighted by molar-refractivity contribution is -0.136. The van der Waals surface area contributed by atoms with Gasteiger partial charge >= 0.3 is 5.97 Å². The van der Waals surface area contributed by atoms with E-state index in [0.717, 1.165) is 42.1 Å². The summed E-state index contributed by atoms with van der Waals surface area (Å²) in [6.07, 6.45) is 3.98. The van der Waals surface area contributed by atoms with Crippen molar-refractivity contribution >= 4 is 11.9 Å². The summed E-state index contributed by atoms with van der Waals surface area (Å²) in [5.41, 5.74) is 4.34. The van der Waals surface area contributed by atoms with Gasteiger partial charge in [-0.25, -0.2) is 4.68 Å². The molecule has 0 bridgehead atoms. The predicted octanol–water partition coefficient (Wildman–Crippen LogP) is 3.77. The summed E-state index contributed by atoms with van der Waals surface area (Å²) in [5.74, 6) is -0.0400. The van der Waals surface area contributed by atoms with E-state index in [1.54, 1.807) is 0 Å². The van der Waals surface area contributed by atoms with E-state index in [2.05, 4.69) is 12.0 Å². The Morgan fingerprint density at radius 1 is 1.21 bits per heavy atom. The van der Waals surface area contributed by atoms with Crippen LogP contribution in [0, 0.1) is 19.8 Å². The number of carboxylic acid groups (broad SMARTS) is 1. The molecule has 0 unspecified atom stereocenters. The number of nitrogens with zero attached hydrogens (tertiary/aromatic N) is 3. The zero-order chi connectivity index (χ0) is 20.3. The highest BCUT2D eigenvalue weighted by molar-refractivity contribution is 5.94. The van der Waals surface area contributed by atoms with Crippen LogP contribution in [0.15, 0.2) is 24.3 Å². The highest BCUT2D eigenvalue weighted by Gasteiger charge is 2.27. The third-order valence-corrected chi connectivity index (χ3v) is 5.35. The minimum absolute atomic E-state index is 0.0923. The molecule has 150 valence electrons. The number of aliphatic carboxylic acids is 1. The molecule has 1 aliphatic rings. The molecule has 1 aliphatic carbocycles. The summed E-state index contributed by atoms with van der Waals surface area (Å²) in [5, 5.41) is 13.5. The number of carbonyl (C=O) groups excluding carboxylic acids is 1. The molecule has 0 atom stereocenters. The number of aryl methyl sites for hydroxylation is 1. The Labute approximate surface area is 166 Å². The van der Waals surface area contributed by atoms with Crippen LogP contribution < -0.4 is 0 Å². The lowest BCUT2D eigenvalue weighted by atomic mass is 10.1. The van der Waals surface area contributed by atoms with Gasteiger partial charge in [-0.2, -0.15) is 5.10 Å². The summed E-state index contributed by atoms with van der Waals surface area (Å²) in [6, 6.07) is 7.55. The number of benzene rings is 1. The number of carbonyl (C=O) groups is 2. The first kappa shape index (κ1) is 20.1. The molecule has 0 spiro atoms. The van der Waals surface area contributed by atoms with Gasteiger partial charge in [-0.1, -0.05) is 6.92 Å². The van der Waals surface area contributed by atoms with Crippen molar-refractivity contribution in [3.05, 3.63) is 46.8 Å². The van der Waals surface area contributed by atoms with Gasteiger partial charge in [0.25, 0.3) is 5.91 Å². The van der Waals surface area contributed by atoms with E-state index in [1.807, 2.05) is 47.7 Å².